The minimum Gasteiger partial charge on any atom is -0.553 e. The molecular weight excluding hydrogens is 705 g/mol. The molecule has 2 aromatic rings. The molecule has 0 heterocycles. The van der Waals surface area contributed by atoms with Crippen LogP contribution in [0.4, 0.5) is 9.59 Å². The molecule has 2 aromatic carbocycles. The molecule has 2 rings (SSSR count). The molecule has 0 saturated heterocycles. The van der Waals surface area contributed by atoms with E-state index in [1.54, 1.807) is 78.8 Å². The van der Waals surface area contributed by atoms with Gasteiger partial charge in [0.1, 0.15) is 24.3 Å². The minimum absolute atomic E-state index is 0. The van der Waals surface area contributed by atoms with E-state index in [9.17, 15) is 28.8 Å². The van der Waals surface area contributed by atoms with Gasteiger partial charge in [0.25, 0.3) is 0 Å². The van der Waals surface area contributed by atoms with Crippen LogP contribution in [0.15, 0.2) is 60.7 Å². The van der Waals surface area contributed by atoms with Crippen LogP contribution in [0.5, 0.6) is 0 Å². The summed E-state index contributed by atoms with van der Waals surface area (Å²) in [4.78, 5) is 69.8. The van der Waals surface area contributed by atoms with Crippen LogP contribution in [0, 0.1) is 0 Å². The number of aliphatic hydroxyl groups excluding tert-OH is 1. The summed E-state index contributed by atoms with van der Waals surface area (Å²) in [6, 6.07) is 16.7. The quantitative estimate of drug-likeness (QED) is 0.0658. The van der Waals surface area contributed by atoms with E-state index in [2.05, 4.69) is 21.3 Å². The van der Waals surface area contributed by atoms with Crippen molar-refractivity contribution in [3.8, 4) is 0 Å². The zero-order valence-electron chi connectivity index (χ0n) is 32.0. The Bertz CT molecular complexity index is 1350. The van der Waals surface area contributed by atoms with E-state index in [0.717, 1.165) is 12.7 Å². The number of alkyl carbamates (subject to hydrolysis) is 2. The second-order valence-corrected chi connectivity index (χ2v) is 12.4. The second-order valence-electron chi connectivity index (χ2n) is 12.4. The normalized spacial score (nSPS) is 11.2. The van der Waals surface area contributed by atoms with Crippen molar-refractivity contribution < 1.29 is 88.0 Å². The van der Waals surface area contributed by atoms with Gasteiger partial charge in [-0.2, -0.15) is 0 Å². The molecule has 0 unspecified atom stereocenters. The van der Waals surface area contributed by atoms with Crippen molar-refractivity contribution >= 4 is 35.9 Å². The first kappa shape index (κ1) is 53.1. The number of esters is 1. The molecule has 0 aliphatic carbocycles. The molecule has 8 N–H and O–H groups in total. The number of nitrogens with one attached hydrogen (secondary N) is 5. The summed E-state index contributed by atoms with van der Waals surface area (Å²) in [5.74, 6) is 2.39. The number of carbonyl (C=O) groups is 6. The van der Waals surface area contributed by atoms with Gasteiger partial charge in [-0.15, -0.1) is 0 Å². The molecule has 2 atom stereocenters. The third-order valence-electron chi connectivity index (χ3n) is 5.71. The molecule has 0 radical (unpaired) electrons. The number of rotatable bonds is 13. The van der Waals surface area contributed by atoms with Crippen LogP contribution >= 0.6 is 0 Å². The van der Waals surface area contributed by atoms with Gasteiger partial charge in [0.15, 0.2) is 0 Å². The molecule has 0 saturated carbocycles. The fraction of sp³-hybridized carbons (Fsp3) is 0.486. The number of ether oxygens (including phenoxy) is 3. The van der Waals surface area contributed by atoms with E-state index in [4.69, 9.17) is 35.5 Å². The summed E-state index contributed by atoms with van der Waals surface area (Å²) in [7, 11) is 1.00. The van der Waals surface area contributed by atoms with Crippen molar-refractivity contribution in [1.29, 1.82) is 0 Å². The fourth-order valence-electron chi connectivity index (χ4n) is 3.86. The molecule has 0 fully saturated rings. The van der Waals surface area contributed by atoms with Crippen molar-refractivity contribution in [1.82, 2.24) is 21.3 Å². The zero-order chi connectivity index (χ0) is 40.3. The summed E-state index contributed by atoms with van der Waals surface area (Å²) >= 11 is 0. The van der Waals surface area contributed by atoms with Gasteiger partial charge < -0.3 is 56.8 Å². The van der Waals surface area contributed by atoms with Gasteiger partial charge in [-0.3, -0.25) is 19.2 Å². The maximum Gasteiger partial charge on any atom is 1.00 e. The van der Waals surface area contributed by atoms with Crippen molar-refractivity contribution in [2.45, 2.75) is 84.6 Å². The average Bonchev–Trinajstić information content (AvgIpc) is 3.07. The molecule has 0 aliphatic rings. The van der Waals surface area contributed by atoms with Crippen LogP contribution < -0.4 is 50.8 Å². The summed E-state index contributed by atoms with van der Waals surface area (Å²) in [5, 5.41) is 32.2. The van der Waals surface area contributed by atoms with Crippen molar-refractivity contribution in [3.05, 3.63) is 77.7 Å². The number of hydrogen-bond donors (Lipinski definition) is 7. The fourth-order valence-corrected chi connectivity index (χ4v) is 3.86. The maximum absolute atomic E-state index is 12.1. The number of amides is 4. The Morgan fingerprint density at radius 1 is 0.660 bits per heavy atom. The average molecular weight is 760 g/mol. The van der Waals surface area contributed by atoms with Crippen molar-refractivity contribution in [2.75, 3.05) is 26.8 Å². The minimum atomic E-state index is -1.03. The summed E-state index contributed by atoms with van der Waals surface area (Å²) in [6.07, 6.45) is -1.62. The van der Waals surface area contributed by atoms with E-state index >= 15 is 0 Å². The monoisotopic (exact) mass is 759 g/mol. The molecule has 53 heavy (non-hydrogen) atoms. The van der Waals surface area contributed by atoms with E-state index in [1.807, 2.05) is 30.3 Å². The van der Waals surface area contributed by atoms with Crippen molar-refractivity contribution in [2.24, 2.45) is 0 Å². The standard InChI is InChI=1S/C18H26N2O5.C16H22N2O5.CH4O.H2NO.Na/c1-5-24-16(22)11-14(13-9-7-6-8-10-13)20-15(21)12-19-17(23)25-18(2,3)4;1-16(2,3)23-15(22)17-10-13(19)18-12(9-14(20)21)11-7-5-4-6-8-11;2*1-2;/h6-10,14H,5,11-12H2,1-4H3,(H,19,23)(H,20,21);4-8,12H,9-10H2,1-3H3,(H,17,22)(H,18,19)(H,20,21);2H,1H3;1-2H;/q;;;-1;+1/t14-;12-;;;/m11.../s1. The second kappa shape index (κ2) is 29.2. The van der Waals surface area contributed by atoms with Gasteiger partial charge in [0.05, 0.1) is 31.5 Å². The zero-order valence-corrected chi connectivity index (χ0v) is 34.0. The van der Waals surface area contributed by atoms with Crippen LogP contribution in [0.1, 0.15) is 84.5 Å². The predicted molar refractivity (Wildman–Crippen MR) is 191 cm³/mol. The predicted octanol–water partition coefficient (Wildman–Crippen LogP) is 1.21. The smallest absolute Gasteiger partial charge is 0.553 e. The van der Waals surface area contributed by atoms with Crippen LogP contribution in [0.3, 0.4) is 0 Å². The van der Waals surface area contributed by atoms with Crippen LogP contribution in [0.2, 0.25) is 0 Å². The first-order chi connectivity index (χ1) is 24.4. The van der Waals surface area contributed by atoms with Gasteiger partial charge in [0, 0.05) is 7.11 Å². The van der Waals surface area contributed by atoms with Gasteiger partial charge in [-0.1, -0.05) is 60.7 Å². The number of aliphatic carboxylic acids is 1. The third-order valence-corrected chi connectivity index (χ3v) is 5.71. The number of carbonyl (C=O) groups excluding carboxylic acids is 5. The molecule has 0 aliphatic heterocycles. The Labute approximate surface area is 332 Å². The first-order valence-electron chi connectivity index (χ1n) is 16.0. The van der Waals surface area contributed by atoms with Crippen LogP contribution in [-0.2, 0) is 33.4 Å². The van der Waals surface area contributed by atoms with Gasteiger partial charge >= 0.3 is 53.7 Å². The van der Waals surface area contributed by atoms with E-state index in [-0.39, 0.29) is 62.1 Å². The molecule has 0 spiro atoms. The van der Waals surface area contributed by atoms with Crippen LogP contribution in [-0.4, -0.2) is 89.4 Å². The summed E-state index contributed by atoms with van der Waals surface area (Å²) in [6.45, 7) is 11.8. The molecular formula is C35H54N5NaO12. The maximum atomic E-state index is 12.1. The molecule has 18 heteroatoms. The Hall–Kier alpha value is -4.26. The Balaban J connectivity index is -0.000000849. The van der Waals surface area contributed by atoms with Gasteiger partial charge in [-0.25, -0.2) is 9.59 Å². The number of aliphatic hydroxyl groups is 1. The van der Waals surface area contributed by atoms with Gasteiger partial charge in [0.2, 0.25) is 11.8 Å². The summed E-state index contributed by atoms with van der Waals surface area (Å²) in [5.41, 5.74) is 0.162. The largest absolute Gasteiger partial charge is 1.00 e. The van der Waals surface area contributed by atoms with E-state index in [1.165, 1.54) is 0 Å². The number of hydrogen-bond acceptors (Lipinski definition) is 11. The van der Waals surface area contributed by atoms with E-state index in [0.29, 0.717) is 5.56 Å². The topological polar surface area (TPSA) is 263 Å². The Morgan fingerprint density at radius 3 is 1.30 bits per heavy atom. The van der Waals surface area contributed by atoms with Gasteiger partial charge in [-0.05, 0) is 59.6 Å². The Morgan fingerprint density at radius 2 is 1.00 bits per heavy atom. The number of benzene rings is 2. The third kappa shape index (κ3) is 28.9. The Kier molecular flexibility index (Phi) is 29.3. The number of carboxylic acids is 1. The molecule has 0 bridgehead atoms. The van der Waals surface area contributed by atoms with Crippen LogP contribution in [0.25, 0.3) is 5.90 Å². The number of carboxylic acid groups (broad SMARTS) is 1. The molecule has 4 amide bonds. The summed E-state index contributed by atoms with van der Waals surface area (Å²) < 4.78 is 15.0. The molecule has 0 aromatic heterocycles. The van der Waals surface area contributed by atoms with Crippen molar-refractivity contribution in [3.63, 3.8) is 0 Å². The molecule has 292 valence electrons. The molecule has 17 nitrogen and oxygen atoms in total. The SMILES string of the molecule is CC(C)(C)OC(=O)NCC(=O)N[C@H](CC(=O)O)c1ccccc1.CCOC(=O)C[C@@H](NC(=O)CNC(=O)OC(C)(C)C)c1ccccc1.CO.[NH-]O.[Na+]. The first-order valence-corrected chi connectivity index (χ1v) is 16.0. The van der Waals surface area contributed by atoms with E-state index < -0.39 is 59.2 Å².